The third-order valence-electron chi connectivity index (χ3n) is 5.15. The Morgan fingerprint density at radius 2 is 1.72 bits per heavy atom. The number of aliphatic hydroxyl groups excluding tert-OH is 1. The third-order valence-corrected chi connectivity index (χ3v) is 11.6. The van der Waals surface area contributed by atoms with Crippen LogP contribution < -0.4 is 0 Å². The van der Waals surface area contributed by atoms with Crippen molar-refractivity contribution in [3.63, 3.8) is 0 Å². The van der Waals surface area contributed by atoms with Gasteiger partial charge in [-0.15, -0.1) is 11.5 Å². The SMILES string of the molecule is C[Si](C)(C)C#CC/C(=C/C[C@]1([Si](C)(C)C)OCCC[C@H]1O)[Si](C)(C)C. The molecule has 1 fully saturated rings. The summed E-state index contributed by atoms with van der Waals surface area (Å²) in [7, 11) is -4.44. The Hall–Kier alpha value is -0.129. The van der Waals surface area contributed by atoms with Crippen LogP contribution in [0.3, 0.4) is 0 Å². The van der Waals surface area contributed by atoms with Gasteiger partial charge >= 0.3 is 0 Å². The van der Waals surface area contributed by atoms with Crippen LogP contribution in [0.25, 0.3) is 0 Å². The molecule has 0 spiro atoms. The maximum absolute atomic E-state index is 10.8. The first-order valence-corrected chi connectivity index (χ1v) is 20.2. The zero-order chi connectivity index (χ0) is 19.5. The predicted octanol–water partition coefficient (Wildman–Crippen LogP) is 5.24. The summed E-state index contributed by atoms with van der Waals surface area (Å²) in [5.41, 5.74) is 3.51. The van der Waals surface area contributed by atoms with E-state index in [9.17, 15) is 5.11 Å². The fourth-order valence-corrected chi connectivity index (χ4v) is 7.75. The van der Waals surface area contributed by atoms with E-state index in [1.165, 1.54) is 5.20 Å². The van der Waals surface area contributed by atoms with Gasteiger partial charge in [-0.3, -0.25) is 0 Å². The minimum atomic E-state index is -1.69. The van der Waals surface area contributed by atoms with Crippen molar-refractivity contribution in [1.29, 1.82) is 0 Å². The van der Waals surface area contributed by atoms with E-state index in [4.69, 9.17) is 4.74 Å². The fourth-order valence-electron chi connectivity index (χ4n) is 3.40. The molecular formula is C20H40O2Si3. The smallest absolute Gasteiger partial charge is 0.129 e. The van der Waals surface area contributed by atoms with Gasteiger partial charge in [0.05, 0.1) is 27.5 Å². The van der Waals surface area contributed by atoms with Crippen molar-refractivity contribution in [2.75, 3.05) is 6.61 Å². The summed E-state index contributed by atoms with van der Waals surface area (Å²) < 4.78 is 6.32. The molecule has 0 amide bonds. The molecule has 0 radical (unpaired) electrons. The summed E-state index contributed by atoms with van der Waals surface area (Å²) in [5.74, 6) is 3.47. The van der Waals surface area contributed by atoms with Crippen molar-refractivity contribution in [2.45, 2.75) is 95.9 Å². The molecule has 1 saturated heterocycles. The molecule has 5 heteroatoms. The van der Waals surface area contributed by atoms with Crippen LogP contribution in [0.4, 0.5) is 0 Å². The Bertz CT molecular complexity index is 538. The third kappa shape index (κ3) is 6.51. The molecule has 0 aromatic carbocycles. The van der Waals surface area contributed by atoms with Crippen LogP contribution in [-0.4, -0.2) is 47.3 Å². The van der Waals surface area contributed by atoms with Gasteiger partial charge in [0.1, 0.15) is 8.07 Å². The maximum atomic E-state index is 10.8. The van der Waals surface area contributed by atoms with E-state index in [2.05, 4.69) is 76.5 Å². The molecule has 144 valence electrons. The van der Waals surface area contributed by atoms with Gasteiger partial charge in [-0.25, -0.2) is 0 Å². The number of aliphatic hydroxyl groups is 1. The Balaban J connectivity index is 3.12. The van der Waals surface area contributed by atoms with Crippen LogP contribution in [0.1, 0.15) is 25.7 Å². The first-order chi connectivity index (χ1) is 11.2. The molecule has 1 rings (SSSR count). The van der Waals surface area contributed by atoms with Crippen molar-refractivity contribution in [2.24, 2.45) is 0 Å². The van der Waals surface area contributed by atoms with Crippen molar-refractivity contribution in [3.05, 3.63) is 11.3 Å². The van der Waals surface area contributed by atoms with Gasteiger partial charge in [0.2, 0.25) is 0 Å². The van der Waals surface area contributed by atoms with E-state index in [-0.39, 0.29) is 11.3 Å². The van der Waals surface area contributed by atoms with E-state index in [1.807, 2.05) is 0 Å². The van der Waals surface area contributed by atoms with Gasteiger partial charge in [-0.1, -0.05) is 70.2 Å². The lowest BCUT2D eigenvalue weighted by Crippen LogP contribution is -2.63. The molecule has 1 aliphatic rings. The maximum Gasteiger partial charge on any atom is 0.129 e. The largest absolute Gasteiger partial charge is 0.390 e. The molecule has 2 nitrogen and oxygen atoms in total. The normalized spacial score (nSPS) is 26.2. The second kappa shape index (κ2) is 8.26. The molecule has 0 aromatic heterocycles. The first-order valence-electron chi connectivity index (χ1n) is 9.71. The number of ether oxygens (including phenoxy) is 1. The lowest BCUT2D eigenvalue weighted by molar-refractivity contribution is -0.108. The van der Waals surface area contributed by atoms with Gasteiger partial charge in [-0.2, -0.15) is 0 Å². The highest BCUT2D eigenvalue weighted by Crippen LogP contribution is 2.38. The number of hydrogen-bond donors (Lipinski definition) is 1. The molecule has 1 aliphatic heterocycles. The highest BCUT2D eigenvalue weighted by Gasteiger charge is 2.50. The average Bonchev–Trinajstić information content (AvgIpc) is 2.40. The molecule has 0 saturated carbocycles. The average molecular weight is 397 g/mol. The van der Waals surface area contributed by atoms with Gasteiger partial charge in [0, 0.05) is 13.0 Å². The van der Waals surface area contributed by atoms with Crippen LogP contribution in [0.5, 0.6) is 0 Å². The molecule has 0 aliphatic carbocycles. The lowest BCUT2D eigenvalue weighted by atomic mass is 10.0. The van der Waals surface area contributed by atoms with Crippen molar-refractivity contribution < 1.29 is 9.84 Å². The van der Waals surface area contributed by atoms with E-state index >= 15 is 0 Å². The summed E-state index contributed by atoms with van der Waals surface area (Å²) in [6.45, 7) is 21.8. The van der Waals surface area contributed by atoms with E-state index in [0.29, 0.717) is 0 Å². The topological polar surface area (TPSA) is 29.5 Å². The molecule has 1 N–H and O–H groups in total. The Morgan fingerprint density at radius 1 is 1.12 bits per heavy atom. The van der Waals surface area contributed by atoms with E-state index < -0.39 is 24.2 Å². The van der Waals surface area contributed by atoms with Crippen LogP contribution >= 0.6 is 0 Å². The summed E-state index contributed by atoms with van der Waals surface area (Å²) >= 11 is 0. The Kier molecular flexibility index (Phi) is 7.57. The quantitative estimate of drug-likeness (QED) is 0.508. The lowest BCUT2D eigenvalue weighted by Gasteiger charge is -2.49. The molecule has 25 heavy (non-hydrogen) atoms. The van der Waals surface area contributed by atoms with Gasteiger partial charge < -0.3 is 9.84 Å². The van der Waals surface area contributed by atoms with Crippen molar-refractivity contribution in [3.8, 4) is 11.5 Å². The number of allylic oxidation sites excluding steroid dienone is 1. The second-order valence-corrected chi connectivity index (χ2v) is 25.8. The summed E-state index contributed by atoms with van der Waals surface area (Å²) in [5, 5.41) is 12.0. The molecule has 0 aromatic rings. The second-order valence-electron chi connectivity index (χ2n) is 10.6. The molecule has 2 atom stereocenters. The van der Waals surface area contributed by atoms with Crippen LogP contribution in [-0.2, 0) is 4.74 Å². The van der Waals surface area contributed by atoms with Gasteiger partial charge in [0.15, 0.2) is 0 Å². The number of rotatable bonds is 5. The zero-order valence-electron chi connectivity index (χ0n) is 18.0. The van der Waals surface area contributed by atoms with E-state index in [1.54, 1.807) is 0 Å². The van der Waals surface area contributed by atoms with Crippen LogP contribution in [0.15, 0.2) is 11.3 Å². The zero-order valence-corrected chi connectivity index (χ0v) is 21.0. The molecule has 0 unspecified atom stereocenters. The molecule has 0 bridgehead atoms. The minimum Gasteiger partial charge on any atom is -0.390 e. The van der Waals surface area contributed by atoms with Crippen molar-refractivity contribution >= 4 is 24.2 Å². The van der Waals surface area contributed by atoms with Gasteiger partial charge in [0.25, 0.3) is 0 Å². The fraction of sp³-hybridized carbons (Fsp3) is 0.800. The van der Waals surface area contributed by atoms with E-state index in [0.717, 1.165) is 32.3 Å². The Morgan fingerprint density at radius 3 is 2.16 bits per heavy atom. The summed E-state index contributed by atoms with van der Waals surface area (Å²) in [4.78, 5) is 0. The van der Waals surface area contributed by atoms with Crippen LogP contribution in [0.2, 0.25) is 58.9 Å². The molecule has 1 heterocycles. The molecular weight excluding hydrogens is 356 g/mol. The predicted molar refractivity (Wildman–Crippen MR) is 119 cm³/mol. The standard InChI is InChI=1S/C20H40O2Si3/c1-23(2,3)17-11-12-18(24(4,5)6)14-15-20(25(7,8)9)19(21)13-10-16-22-20/h14,19,21H,10,12-13,15-16H2,1-9H3/b18-14-/t19-,20-/m1/s1. The van der Waals surface area contributed by atoms with Crippen LogP contribution in [0, 0.1) is 11.5 Å². The monoisotopic (exact) mass is 396 g/mol. The van der Waals surface area contributed by atoms with Gasteiger partial charge in [-0.05, 0) is 19.3 Å². The highest BCUT2D eigenvalue weighted by molar-refractivity contribution is 6.84. The summed E-state index contributed by atoms with van der Waals surface area (Å²) in [6, 6.07) is 0. The van der Waals surface area contributed by atoms with Crippen molar-refractivity contribution in [1.82, 2.24) is 0 Å². The first kappa shape index (κ1) is 22.9. The number of hydrogen-bond acceptors (Lipinski definition) is 2. The summed E-state index contributed by atoms with van der Waals surface area (Å²) in [6.07, 6.45) is 5.64. The Labute approximate surface area is 159 Å². The minimum absolute atomic E-state index is 0.333. The highest BCUT2D eigenvalue weighted by atomic mass is 28.3.